The van der Waals surface area contributed by atoms with E-state index < -0.39 is 4.92 Å². The number of nitrogens with zero attached hydrogens (tertiary/aromatic N) is 3. The molecule has 0 unspecified atom stereocenters. The maximum absolute atomic E-state index is 12.5. The van der Waals surface area contributed by atoms with Gasteiger partial charge in [-0.2, -0.15) is 0 Å². The van der Waals surface area contributed by atoms with Gasteiger partial charge in [0.15, 0.2) is 0 Å². The van der Waals surface area contributed by atoms with E-state index in [1.165, 1.54) is 17.2 Å². The maximum atomic E-state index is 12.5. The Balaban J connectivity index is 3.19. The molecule has 0 fully saturated rings. The highest BCUT2D eigenvalue weighted by Gasteiger charge is 2.24. The second-order valence-corrected chi connectivity index (χ2v) is 4.77. The zero-order valence-corrected chi connectivity index (χ0v) is 12.0. The van der Waals surface area contributed by atoms with Crippen LogP contribution >= 0.6 is 0 Å². The Morgan fingerprint density at radius 1 is 1.60 bits per heavy atom. The van der Waals surface area contributed by atoms with E-state index in [1.807, 2.05) is 20.8 Å². The maximum Gasteiger partial charge on any atom is 0.287 e. The number of hydrogen-bond donors (Lipinski definition) is 0. The highest BCUT2D eigenvalue weighted by molar-refractivity contribution is 5.93. The fraction of sp³-hybridized carbons (Fsp3) is 0.500. The van der Waals surface area contributed by atoms with E-state index in [0.29, 0.717) is 12.2 Å². The summed E-state index contributed by atoms with van der Waals surface area (Å²) in [5, 5.41) is 10.9. The third-order valence-electron chi connectivity index (χ3n) is 2.88. The van der Waals surface area contributed by atoms with E-state index >= 15 is 0 Å². The first-order chi connectivity index (χ1) is 9.42. The molecular weight excluding hydrogens is 258 g/mol. The van der Waals surface area contributed by atoms with Crippen molar-refractivity contribution in [2.75, 3.05) is 13.1 Å². The van der Waals surface area contributed by atoms with Gasteiger partial charge in [-0.15, -0.1) is 6.42 Å². The van der Waals surface area contributed by atoms with E-state index in [1.54, 1.807) is 4.57 Å². The van der Waals surface area contributed by atoms with Crippen LogP contribution in [0, 0.1) is 22.5 Å². The highest BCUT2D eigenvalue weighted by Crippen LogP contribution is 2.22. The van der Waals surface area contributed by atoms with E-state index in [4.69, 9.17) is 6.42 Å². The molecule has 20 heavy (non-hydrogen) atoms. The van der Waals surface area contributed by atoms with E-state index in [9.17, 15) is 14.9 Å². The van der Waals surface area contributed by atoms with Gasteiger partial charge in [0.1, 0.15) is 5.69 Å². The fourth-order valence-electron chi connectivity index (χ4n) is 1.96. The normalized spacial score (nSPS) is 10.3. The average molecular weight is 277 g/mol. The smallest absolute Gasteiger partial charge is 0.287 e. The lowest BCUT2D eigenvalue weighted by molar-refractivity contribution is -0.384. The van der Waals surface area contributed by atoms with Gasteiger partial charge in [0, 0.05) is 18.7 Å². The molecule has 0 aliphatic heterocycles. The number of amides is 1. The zero-order valence-electron chi connectivity index (χ0n) is 12.0. The molecule has 0 bridgehead atoms. The number of hydrogen-bond acceptors (Lipinski definition) is 3. The summed E-state index contributed by atoms with van der Waals surface area (Å²) in [6, 6.07) is 1.26. The van der Waals surface area contributed by atoms with Crippen molar-refractivity contribution in [3.63, 3.8) is 0 Å². The number of carbonyl (C=O) groups is 1. The summed E-state index contributed by atoms with van der Waals surface area (Å²) in [6.07, 6.45) is 7.43. The van der Waals surface area contributed by atoms with Gasteiger partial charge in [-0.1, -0.05) is 12.8 Å². The summed E-state index contributed by atoms with van der Waals surface area (Å²) in [4.78, 5) is 24.4. The van der Waals surface area contributed by atoms with Crippen LogP contribution in [0.2, 0.25) is 0 Å². The summed E-state index contributed by atoms with van der Waals surface area (Å²) in [7, 11) is 0. The largest absolute Gasteiger partial charge is 0.335 e. The third kappa shape index (κ3) is 3.38. The standard InChI is InChI=1S/C14H19N3O3/c1-5-7-15(8-6-2)14(18)13-9-12(17(19)20)10-16(13)11(3)4/h1,9-11H,6-8H2,2-4H3. The van der Waals surface area contributed by atoms with Gasteiger partial charge in [0.25, 0.3) is 11.6 Å². The van der Waals surface area contributed by atoms with Gasteiger partial charge in [-0.05, 0) is 20.3 Å². The minimum Gasteiger partial charge on any atom is -0.335 e. The second kappa shape index (κ2) is 6.75. The predicted octanol–water partition coefficient (Wildman–Crippen LogP) is 2.46. The van der Waals surface area contributed by atoms with Crippen molar-refractivity contribution >= 4 is 11.6 Å². The fourth-order valence-corrected chi connectivity index (χ4v) is 1.96. The van der Waals surface area contributed by atoms with E-state index in [-0.39, 0.29) is 24.2 Å². The predicted molar refractivity (Wildman–Crippen MR) is 76.5 cm³/mol. The molecular formula is C14H19N3O3. The van der Waals surface area contributed by atoms with Crippen LogP contribution in [0.25, 0.3) is 0 Å². The third-order valence-corrected chi connectivity index (χ3v) is 2.88. The van der Waals surface area contributed by atoms with Crippen LogP contribution in [0.3, 0.4) is 0 Å². The van der Waals surface area contributed by atoms with Crippen molar-refractivity contribution in [3.8, 4) is 12.3 Å². The number of terminal acetylenes is 1. The number of carbonyl (C=O) groups excluding carboxylic acids is 1. The topological polar surface area (TPSA) is 68.4 Å². The molecule has 6 nitrogen and oxygen atoms in total. The Bertz CT molecular complexity index is 540. The summed E-state index contributed by atoms with van der Waals surface area (Å²) < 4.78 is 1.61. The second-order valence-electron chi connectivity index (χ2n) is 4.77. The van der Waals surface area contributed by atoms with Crippen LogP contribution in [0.15, 0.2) is 12.3 Å². The highest BCUT2D eigenvalue weighted by atomic mass is 16.6. The Labute approximate surface area is 118 Å². The van der Waals surface area contributed by atoms with Crippen molar-refractivity contribution in [3.05, 3.63) is 28.1 Å². The molecule has 1 aromatic heterocycles. The van der Waals surface area contributed by atoms with Gasteiger partial charge in [-0.25, -0.2) is 0 Å². The Kier molecular flexibility index (Phi) is 5.32. The molecule has 1 heterocycles. The first kappa shape index (κ1) is 15.8. The number of nitro groups is 1. The molecule has 0 N–H and O–H groups in total. The van der Waals surface area contributed by atoms with Gasteiger partial charge >= 0.3 is 0 Å². The summed E-state index contributed by atoms with van der Waals surface area (Å²) in [6.45, 7) is 6.41. The molecule has 0 aliphatic rings. The minimum absolute atomic E-state index is 0.0445. The van der Waals surface area contributed by atoms with Crippen LogP contribution < -0.4 is 0 Å². The molecule has 1 aromatic rings. The van der Waals surface area contributed by atoms with E-state index in [0.717, 1.165) is 6.42 Å². The lowest BCUT2D eigenvalue weighted by Gasteiger charge is -2.21. The van der Waals surface area contributed by atoms with Crippen molar-refractivity contribution < 1.29 is 9.72 Å². The van der Waals surface area contributed by atoms with Crippen LogP contribution in [0.5, 0.6) is 0 Å². The van der Waals surface area contributed by atoms with Crippen LogP contribution in [0.4, 0.5) is 5.69 Å². The molecule has 6 heteroatoms. The Morgan fingerprint density at radius 2 is 2.25 bits per heavy atom. The lowest BCUT2D eigenvalue weighted by atomic mass is 10.3. The molecule has 0 saturated heterocycles. The summed E-state index contributed by atoms with van der Waals surface area (Å²) in [5.74, 6) is 2.17. The summed E-state index contributed by atoms with van der Waals surface area (Å²) >= 11 is 0. The zero-order chi connectivity index (χ0) is 15.3. The minimum atomic E-state index is -0.499. The Morgan fingerprint density at radius 3 is 2.70 bits per heavy atom. The van der Waals surface area contributed by atoms with Gasteiger partial charge in [-0.3, -0.25) is 14.9 Å². The van der Waals surface area contributed by atoms with Crippen molar-refractivity contribution in [2.45, 2.75) is 33.2 Å². The molecule has 0 saturated carbocycles. The average Bonchev–Trinajstić information content (AvgIpc) is 2.83. The first-order valence-electron chi connectivity index (χ1n) is 6.51. The molecule has 1 amide bonds. The molecule has 0 radical (unpaired) electrons. The molecule has 0 spiro atoms. The summed E-state index contributed by atoms with van der Waals surface area (Å²) in [5.41, 5.74) is 0.217. The lowest BCUT2D eigenvalue weighted by Crippen LogP contribution is -2.33. The van der Waals surface area contributed by atoms with Crippen LogP contribution in [-0.2, 0) is 0 Å². The van der Waals surface area contributed by atoms with Gasteiger partial charge < -0.3 is 9.47 Å². The molecule has 0 aromatic carbocycles. The SMILES string of the molecule is C#CCN(CCC)C(=O)c1cc([N+](=O)[O-])cn1C(C)C. The van der Waals surface area contributed by atoms with Gasteiger partial charge in [0.05, 0.1) is 17.7 Å². The first-order valence-corrected chi connectivity index (χ1v) is 6.51. The van der Waals surface area contributed by atoms with Crippen molar-refractivity contribution in [1.29, 1.82) is 0 Å². The molecule has 1 rings (SSSR count). The van der Waals surface area contributed by atoms with Crippen LogP contribution in [-0.4, -0.2) is 33.4 Å². The number of rotatable bonds is 6. The number of aromatic nitrogens is 1. The van der Waals surface area contributed by atoms with Crippen molar-refractivity contribution in [1.82, 2.24) is 9.47 Å². The van der Waals surface area contributed by atoms with E-state index in [2.05, 4.69) is 5.92 Å². The monoisotopic (exact) mass is 277 g/mol. The van der Waals surface area contributed by atoms with Crippen LogP contribution in [0.1, 0.15) is 43.7 Å². The van der Waals surface area contributed by atoms with Crippen molar-refractivity contribution in [2.24, 2.45) is 0 Å². The quantitative estimate of drug-likeness (QED) is 0.455. The van der Waals surface area contributed by atoms with Gasteiger partial charge in [0.2, 0.25) is 0 Å². The molecule has 0 atom stereocenters. The molecule has 108 valence electrons. The Hall–Kier alpha value is -2.29. The molecule has 0 aliphatic carbocycles.